The Hall–Kier alpha value is -3.23. The highest BCUT2D eigenvalue weighted by atomic mass is 79.9. The number of rotatable bonds is 12. The fraction of sp³-hybridized carbons (Fsp3) is 0.333. The van der Waals surface area contributed by atoms with Gasteiger partial charge in [0, 0.05) is 46.9 Å². The lowest BCUT2D eigenvalue weighted by Gasteiger charge is -2.35. The van der Waals surface area contributed by atoms with Crippen LogP contribution in [-0.4, -0.2) is 47.3 Å². The summed E-state index contributed by atoms with van der Waals surface area (Å²) in [6.45, 7) is 7.25. The first-order valence-electron chi connectivity index (χ1n) is 13.9. The van der Waals surface area contributed by atoms with Gasteiger partial charge < -0.3 is 9.47 Å². The topological polar surface area (TPSA) is 72.3 Å². The maximum Gasteiger partial charge on any atom is 0.254 e. The predicted octanol–water partition coefficient (Wildman–Crippen LogP) is 7.33. The number of aromatic nitrogens is 2. The van der Waals surface area contributed by atoms with E-state index in [4.69, 9.17) is 4.98 Å². The standard InChI is InChI=1S/C33H38BrN3O3S/c1-24(2)31(37(19-8-9-20-41(4,39)40)33(38)27-17-15-25(3)16-18-27)32-35-30(28-13-10-14-29(34)21-28)23-36(32)22-26-11-6-5-7-12-26/h5-7,10-18,21,23-24,31H,8-9,19-20,22H2,1-4H3/t31-/m1/s1. The molecule has 1 aromatic heterocycles. The summed E-state index contributed by atoms with van der Waals surface area (Å²) >= 11 is 3.58. The van der Waals surface area contributed by atoms with Crippen molar-refractivity contribution in [1.82, 2.24) is 14.5 Å². The second-order valence-corrected chi connectivity index (χ2v) is 14.2. The molecule has 0 aliphatic heterocycles. The van der Waals surface area contributed by atoms with Crippen LogP contribution >= 0.6 is 15.9 Å². The van der Waals surface area contributed by atoms with Gasteiger partial charge in [0.25, 0.3) is 5.91 Å². The maximum atomic E-state index is 14.1. The van der Waals surface area contributed by atoms with Crippen molar-refractivity contribution >= 4 is 31.7 Å². The van der Waals surface area contributed by atoms with E-state index in [1.165, 1.54) is 6.26 Å². The molecule has 41 heavy (non-hydrogen) atoms. The Morgan fingerprint density at radius 1 is 0.976 bits per heavy atom. The Bertz CT molecular complexity index is 1570. The third kappa shape index (κ3) is 8.39. The summed E-state index contributed by atoms with van der Waals surface area (Å²) in [4.78, 5) is 21.2. The highest BCUT2D eigenvalue weighted by Gasteiger charge is 2.32. The van der Waals surface area contributed by atoms with Gasteiger partial charge in [0.05, 0.1) is 11.7 Å². The number of carbonyl (C=O) groups excluding carboxylic acids is 1. The van der Waals surface area contributed by atoms with E-state index in [0.717, 1.165) is 32.7 Å². The summed E-state index contributed by atoms with van der Waals surface area (Å²) < 4.78 is 26.7. The van der Waals surface area contributed by atoms with Crippen LogP contribution in [0.15, 0.2) is 89.5 Å². The molecule has 3 aromatic carbocycles. The average Bonchev–Trinajstić information content (AvgIpc) is 3.33. The minimum Gasteiger partial charge on any atom is -0.328 e. The second-order valence-electron chi connectivity index (χ2n) is 11.0. The number of hydrogen-bond donors (Lipinski definition) is 0. The maximum absolute atomic E-state index is 14.1. The first-order valence-corrected chi connectivity index (χ1v) is 16.8. The molecule has 0 spiro atoms. The van der Waals surface area contributed by atoms with Crippen LogP contribution in [0.3, 0.4) is 0 Å². The zero-order valence-electron chi connectivity index (χ0n) is 24.1. The molecule has 1 heterocycles. The monoisotopic (exact) mass is 635 g/mol. The lowest BCUT2D eigenvalue weighted by molar-refractivity contribution is 0.0602. The van der Waals surface area contributed by atoms with E-state index in [9.17, 15) is 13.2 Å². The lowest BCUT2D eigenvalue weighted by atomic mass is 9.99. The van der Waals surface area contributed by atoms with E-state index in [-0.39, 0.29) is 23.6 Å². The molecule has 8 heteroatoms. The number of hydrogen-bond acceptors (Lipinski definition) is 4. The minimum absolute atomic E-state index is 0.0478. The molecule has 0 saturated carbocycles. The van der Waals surface area contributed by atoms with Gasteiger partial charge in [0.15, 0.2) is 0 Å². The molecule has 6 nitrogen and oxygen atoms in total. The molecule has 216 valence electrons. The largest absolute Gasteiger partial charge is 0.328 e. The summed E-state index contributed by atoms with van der Waals surface area (Å²) in [5.41, 5.74) is 4.65. The number of halogens is 1. The molecule has 4 rings (SSSR count). The Morgan fingerprint density at radius 3 is 2.32 bits per heavy atom. The van der Waals surface area contributed by atoms with Crippen molar-refractivity contribution in [3.05, 3.63) is 112 Å². The molecule has 0 fully saturated rings. The number of unbranched alkanes of at least 4 members (excludes halogenated alkanes) is 1. The fourth-order valence-electron chi connectivity index (χ4n) is 5.03. The van der Waals surface area contributed by atoms with Gasteiger partial charge in [0.1, 0.15) is 15.7 Å². The number of nitrogens with zero attached hydrogens (tertiary/aromatic N) is 3. The van der Waals surface area contributed by atoms with Crippen LogP contribution in [0.5, 0.6) is 0 Å². The summed E-state index contributed by atoms with van der Waals surface area (Å²) in [6.07, 6.45) is 4.38. The zero-order valence-corrected chi connectivity index (χ0v) is 26.5. The summed E-state index contributed by atoms with van der Waals surface area (Å²) in [7, 11) is -3.08. The lowest BCUT2D eigenvalue weighted by Crippen LogP contribution is -2.39. The Labute approximate surface area is 252 Å². The number of aryl methyl sites for hydroxylation is 1. The first-order chi connectivity index (χ1) is 19.5. The summed E-state index contributed by atoms with van der Waals surface area (Å²) in [5, 5.41) is 0. The van der Waals surface area contributed by atoms with Crippen molar-refractivity contribution in [3.63, 3.8) is 0 Å². The minimum atomic E-state index is -3.08. The average molecular weight is 637 g/mol. The van der Waals surface area contributed by atoms with Crippen LogP contribution in [0.25, 0.3) is 11.3 Å². The number of sulfone groups is 1. The van der Waals surface area contributed by atoms with Crippen LogP contribution in [0.2, 0.25) is 0 Å². The van der Waals surface area contributed by atoms with Crippen molar-refractivity contribution in [1.29, 1.82) is 0 Å². The van der Waals surface area contributed by atoms with Gasteiger partial charge in [0.2, 0.25) is 0 Å². The van der Waals surface area contributed by atoms with Crippen molar-refractivity contribution < 1.29 is 13.2 Å². The molecule has 0 bridgehead atoms. The van der Waals surface area contributed by atoms with Gasteiger partial charge in [-0.25, -0.2) is 13.4 Å². The van der Waals surface area contributed by atoms with Gasteiger partial charge in [-0.15, -0.1) is 0 Å². The molecular weight excluding hydrogens is 598 g/mol. The van der Waals surface area contributed by atoms with Crippen LogP contribution in [0.1, 0.15) is 60.0 Å². The van der Waals surface area contributed by atoms with Gasteiger partial charge in [-0.1, -0.05) is 89.9 Å². The molecule has 0 unspecified atom stereocenters. The normalized spacial score (nSPS) is 12.4. The Morgan fingerprint density at radius 2 is 1.68 bits per heavy atom. The Balaban J connectivity index is 1.79. The molecule has 1 amide bonds. The highest BCUT2D eigenvalue weighted by molar-refractivity contribution is 9.10. The van der Waals surface area contributed by atoms with Crippen molar-refractivity contribution in [2.45, 2.75) is 46.2 Å². The summed E-state index contributed by atoms with van der Waals surface area (Å²) in [5.74, 6) is 0.872. The molecule has 1 atom stereocenters. The highest BCUT2D eigenvalue weighted by Crippen LogP contribution is 2.33. The van der Waals surface area contributed by atoms with Crippen LogP contribution in [-0.2, 0) is 16.4 Å². The van der Waals surface area contributed by atoms with E-state index in [2.05, 4.69) is 52.7 Å². The van der Waals surface area contributed by atoms with Gasteiger partial charge >= 0.3 is 0 Å². The quantitative estimate of drug-likeness (QED) is 0.153. The molecular formula is C33H38BrN3O3S. The van der Waals surface area contributed by atoms with Crippen LogP contribution < -0.4 is 0 Å². The fourth-order valence-corrected chi connectivity index (χ4v) is 6.16. The third-order valence-corrected chi connectivity index (χ3v) is 8.60. The molecule has 0 aliphatic carbocycles. The smallest absolute Gasteiger partial charge is 0.254 e. The SMILES string of the molecule is Cc1ccc(C(=O)N(CCCCS(C)(=O)=O)[C@@H](c2nc(-c3cccc(Br)c3)cn2Cc2ccccc2)C(C)C)cc1. The molecule has 0 N–H and O–H groups in total. The summed E-state index contributed by atoms with van der Waals surface area (Å²) in [6, 6.07) is 25.6. The number of imidazole rings is 1. The van der Waals surface area contributed by atoms with Gasteiger partial charge in [-0.3, -0.25) is 4.79 Å². The van der Waals surface area contributed by atoms with Gasteiger partial charge in [-0.05, 0) is 55.5 Å². The van der Waals surface area contributed by atoms with Crippen LogP contribution in [0.4, 0.5) is 0 Å². The number of carbonyl (C=O) groups is 1. The number of benzene rings is 3. The van der Waals surface area contributed by atoms with Crippen molar-refractivity contribution in [2.75, 3.05) is 18.6 Å². The number of amides is 1. The van der Waals surface area contributed by atoms with Crippen molar-refractivity contribution in [2.24, 2.45) is 5.92 Å². The van der Waals surface area contributed by atoms with E-state index < -0.39 is 9.84 Å². The van der Waals surface area contributed by atoms with E-state index in [1.807, 2.05) is 78.6 Å². The van der Waals surface area contributed by atoms with E-state index in [1.54, 1.807) is 0 Å². The first kappa shape index (κ1) is 30.7. The second kappa shape index (κ2) is 13.6. The molecule has 4 aromatic rings. The zero-order chi connectivity index (χ0) is 29.6. The third-order valence-electron chi connectivity index (χ3n) is 7.08. The predicted molar refractivity (Wildman–Crippen MR) is 170 cm³/mol. The Kier molecular flexibility index (Phi) is 10.2. The molecule has 0 radical (unpaired) electrons. The van der Waals surface area contributed by atoms with Crippen LogP contribution in [0, 0.1) is 12.8 Å². The molecule has 0 aliphatic rings. The van der Waals surface area contributed by atoms with E-state index in [0.29, 0.717) is 31.5 Å². The van der Waals surface area contributed by atoms with Crippen molar-refractivity contribution in [3.8, 4) is 11.3 Å². The molecule has 0 saturated heterocycles. The van der Waals surface area contributed by atoms with E-state index >= 15 is 0 Å². The van der Waals surface area contributed by atoms with Gasteiger partial charge in [-0.2, -0.15) is 0 Å².